The van der Waals surface area contributed by atoms with Gasteiger partial charge in [0.25, 0.3) is 5.91 Å². The molecule has 150 valence electrons. The van der Waals surface area contributed by atoms with Crippen molar-refractivity contribution in [3.63, 3.8) is 0 Å². The van der Waals surface area contributed by atoms with Crippen molar-refractivity contribution in [2.75, 3.05) is 5.32 Å². The number of carbonyl (C=O) groups excluding carboxylic acids is 2. The second kappa shape index (κ2) is 9.75. The minimum Gasteiger partial charge on any atom is -0.347 e. The summed E-state index contributed by atoms with van der Waals surface area (Å²) in [7, 11) is 0. The predicted octanol–water partition coefficient (Wildman–Crippen LogP) is 3.81. The van der Waals surface area contributed by atoms with Crippen molar-refractivity contribution in [2.45, 2.75) is 26.6 Å². The van der Waals surface area contributed by atoms with E-state index in [2.05, 4.69) is 20.9 Å². The fraction of sp³-hybridized carbons (Fsp3) is 0.190. The summed E-state index contributed by atoms with van der Waals surface area (Å²) in [6.07, 6.45) is 5.08. The minimum atomic E-state index is -0.307. The van der Waals surface area contributed by atoms with Gasteiger partial charge in [0.15, 0.2) is 0 Å². The van der Waals surface area contributed by atoms with E-state index in [1.165, 1.54) is 0 Å². The van der Waals surface area contributed by atoms with E-state index in [0.717, 1.165) is 11.1 Å². The lowest BCUT2D eigenvalue weighted by atomic mass is 10.2. The predicted molar refractivity (Wildman–Crippen MR) is 113 cm³/mol. The van der Waals surface area contributed by atoms with Gasteiger partial charge in [0.05, 0.1) is 5.02 Å². The highest BCUT2D eigenvalue weighted by atomic mass is 35.5. The second-order valence-corrected chi connectivity index (χ2v) is 6.81. The monoisotopic (exact) mass is 411 g/mol. The molecule has 3 amide bonds. The zero-order chi connectivity index (χ0) is 20.6. The van der Waals surface area contributed by atoms with Gasteiger partial charge in [-0.05, 0) is 48.4 Å². The molecule has 0 unspecified atom stereocenters. The van der Waals surface area contributed by atoms with Crippen molar-refractivity contribution in [1.82, 2.24) is 20.2 Å². The summed E-state index contributed by atoms with van der Waals surface area (Å²) in [6, 6.07) is 12.3. The SMILES string of the molecule is CCn1cc(Cl)cc1C(=O)NCc1cccc(NC(=O)NCc2ccncc2)c1. The van der Waals surface area contributed by atoms with E-state index in [4.69, 9.17) is 11.6 Å². The Morgan fingerprint density at radius 3 is 2.55 bits per heavy atom. The Bertz CT molecular complexity index is 988. The average Bonchev–Trinajstić information content (AvgIpc) is 3.12. The molecular formula is C21H22ClN5O2. The molecule has 0 fully saturated rings. The van der Waals surface area contributed by atoms with Crippen LogP contribution in [0.25, 0.3) is 0 Å². The van der Waals surface area contributed by atoms with Gasteiger partial charge in [-0.25, -0.2) is 4.79 Å². The molecule has 3 rings (SSSR count). The van der Waals surface area contributed by atoms with Crippen LogP contribution in [-0.2, 0) is 19.6 Å². The molecule has 0 aliphatic carbocycles. The van der Waals surface area contributed by atoms with Crippen LogP contribution in [-0.4, -0.2) is 21.5 Å². The number of urea groups is 1. The number of amides is 3. The number of aryl methyl sites for hydroxylation is 1. The van der Waals surface area contributed by atoms with Gasteiger partial charge in [-0.2, -0.15) is 0 Å². The summed E-state index contributed by atoms with van der Waals surface area (Å²) in [5, 5.41) is 8.99. The lowest BCUT2D eigenvalue weighted by molar-refractivity contribution is 0.0941. The zero-order valence-corrected chi connectivity index (χ0v) is 16.7. The summed E-state index contributed by atoms with van der Waals surface area (Å²) in [6.45, 7) is 3.34. The van der Waals surface area contributed by atoms with Crippen LogP contribution in [0.4, 0.5) is 10.5 Å². The van der Waals surface area contributed by atoms with Gasteiger partial charge in [0, 0.05) is 43.9 Å². The maximum absolute atomic E-state index is 12.4. The Morgan fingerprint density at radius 1 is 1.03 bits per heavy atom. The fourth-order valence-corrected chi connectivity index (χ4v) is 3.04. The topological polar surface area (TPSA) is 88.0 Å². The summed E-state index contributed by atoms with van der Waals surface area (Å²) < 4.78 is 1.79. The van der Waals surface area contributed by atoms with Crippen LogP contribution in [0.1, 0.15) is 28.5 Å². The molecule has 2 aromatic heterocycles. The van der Waals surface area contributed by atoms with Crippen LogP contribution in [0, 0.1) is 0 Å². The molecule has 7 nitrogen and oxygen atoms in total. The zero-order valence-electron chi connectivity index (χ0n) is 16.0. The molecule has 0 aliphatic rings. The van der Waals surface area contributed by atoms with Gasteiger partial charge in [-0.15, -0.1) is 0 Å². The quantitative estimate of drug-likeness (QED) is 0.552. The first-order chi connectivity index (χ1) is 14.0. The molecule has 0 radical (unpaired) electrons. The number of pyridine rings is 1. The third-order valence-corrected chi connectivity index (χ3v) is 4.48. The second-order valence-electron chi connectivity index (χ2n) is 6.38. The van der Waals surface area contributed by atoms with E-state index < -0.39 is 0 Å². The first-order valence-electron chi connectivity index (χ1n) is 9.21. The molecule has 3 aromatic rings. The Morgan fingerprint density at radius 2 is 1.79 bits per heavy atom. The highest BCUT2D eigenvalue weighted by molar-refractivity contribution is 6.31. The summed E-state index contributed by atoms with van der Waals surface area (Å²) in [4.78, 5) is 28.5. The molecule has 0 saturated heterocycles. The third-order valence-electron chi connectivity index (χ3n) is 4.28. The molecule has 2 heterocycles. The first-order valence-corrected chi connectivity index (χ1v) is 9.59. The maximum Gasteiger partial charge on any atom is 0.319 e. The number of hydrogen-bond acceptors (Lipinski definition) is 3. The van der Waals surface area contributed by atoms with Gasteiger partial charge in [0.2, 0.25) is 0 Å². The highest BCUT2D eigenvalue weighted by Gasteiger charge is 2.12. The van der Waals surface area contributed by atoms with E-state index in [-0.39, 0.29) is 11.9 Å². The lowest BCUT2D eigenvalue weighted by Gasteiger charge is -2.10. The van der Waals surface area contributed by atoms with Gasteiger partial charge >= 0.3 is 6.03 Å². The standard InChI is InChI=1S/C21H22ClN5O2/c1-2-27-14-17(22)11-19(27)20(28)24-13-16-4-3-5-18(10-16)26-21(29)25-12-15-6-8-23-9-7-15/h3-11,14H,2,12-13H2,1H3,(H,24,28)(H2,25,26,29). The Kier molecular flexibility index (Phi) is 6.86. The first kappa shape index (κ1) is 20.4. The molecule has 0 atom stereocenters. The molecule has 0 aliphatic heterocycles. The Hall–Kier alpha value is -3.32. The summed E-state index contributed by atoms with van der Waals surface area (Å²) in [5.74, 6) is -0.202. The number of hydrogen-bond donors (Lipinski definition) is 3. The van der Waals surface area contributed by atoms with Gasteiger partial charge in [-0.1, -0.05) is 23.7 Å². The van der Waals surface area contributed by atoms with Crippen LogP contribution in [0.15, 0.2) is 61.1 Å². The molecule has 8 heteroatoms. The van der Waals surface area contributed by atoms with Crippen LogP contribution in [0.2, 0.25) is 5.02 Å². The van der Waals surface area contributed by atoms with Crippen molar-refractivity contribution in [3.8, 4) is 0 Å². The van der Waals surface area contributed by atoms with Gasteiger partial charge in [-0.3, -0.25) is 9.78 Å². The molecule has 29 heavy (non-hydrogen) atoms. The number of anilines is 1. The van der Waals surface area contributed by atoms with Crippen molar-refractivity contribution in [3.05, 3.63) is 82.9 Å². The molecule has 0 bridgehead atoms. The summed E-state index contributed by atoms with van der Waals surface area (Å²) >= 11 is 5.99. The van der Waals surface area contributed by atoms with Crippen LogP contribution in [0.5, 0.6) is 0 Å². The molecular weight excluding hydrogens is 390 g/mol. The number of halogens is 1. The molecule has 0 spiro atoms. The van der Waals surface area contributed by atoms with E-state index in [9.17, 15) is 9.59 Å². The third kappa shape index (κ3) is 5.83. The van der Waals surface area contributed by atoms with E-state index in [0.29, 0.717) is 36.0 Å². The Labute approximate surface area is 174 Å². The van der Waals surface area contributed by atoms with Crippen molar-refractivity contribution in [2.24, 2.45) is 0 Å². The van der Waals surface area contributed by atoms with Crippen molar-refractivity contribution >= 4 is 29.2 Å². The smallest absolute Gasteiger partial charge is 0.319 e. The molecule has 0 saturated carbocycles. The minimum absolute atomic E-state index is 0.202. The number of nitrogens with one attached hydrogen (secondary N) is 3. The van der Waals surface area contributed by atoms with Gasteiger partial charge < -0.3 is 20.5 Å². The number of benzene rings is 1. The Balaban J connectivity index is 1.53. The summed E-state index contributed by atoms with van der Waals surface area (Å²) in [5.41, 5.74) is 2.99. The van der Waals surface area contributed by atoms with Crippen molar-refractivity contribution < 1.29 is 9.59 Å². The van der Waals surface area contributed by atoms with Crippen molar-refractivity contribution in [1.29, 1.82) is 0 Å². The number of aromatic nitrogens is 2. The van der Waals surface area contributed by atoms with Crippen LogP contribution >= 0.6 is 11.6 Å². The normalized spacial score (nSPS) is 10.4. The van der Waals surface area contributed by atoms with Crippen LogP contribution < -0.4 is 16.0 Å². The van der Waals surface area contributed by atoms with E-state index in [1.54, 1.807) is 35.3 Å². The number of carbonyl (C=O) groups is 2. The lowest BCUT2D eigenvalue weighted by Crippen LogP contribution is -2.28. The molecule has 3 N–H and O–H groups in total. The average molecular weight is 412 g/mol. The van der Waals surface area contributed by atoms with Gasteiger partial charge in [0.1, 0.15) is 5.69 Å². The fourth-order valence-electron chi connectivity index (χ4n) is 2.82. The van der Waals surface area contributed by atoms with E-state index >= 15 is 0 Å². The molecule has 1 aromatic carbocycles. The van der Waals surface area contributed by atoms with Crippen LogP contribution in [0.3, 0.4) is 0 Å². The highest BCUT2D eigenvalue weighted by Crippen LogP contribution is 2.15. The number of nitrogens with zero attached hydrogens (tertiary/aromatic N) is 2. The van der Waals surface area contributed by atoms with E-state index in [1.807, 2.05) is 37.3 Å². The largest absolute Gasteiger partial charge is 0.347 e. The maximum atomic E-state index is 12.4. The number of rotatable bonds is 7.